The SMILES string of the molecule is O=C1CCCC1Sc1nnnn1-c1ccc(Cl)cc1. The Balaban J connectivity index is 1.86. The number of aromatic nitrogens is 4. The van der Waals surface area contributed by atoms with E-state index in [9.17, 15) is 4.79 Å². The maximum absolute atomic E-state index is 11.7. The fourth-order valence-corrected chi connectivity index (χ4v) is 3.27. The van der Waals surface area contributed by atoms with Crippen LogP contribution in [0.2, 0.25) is 5.02 Å². The zero-order chi connectivity index (χ0) is 13.2. The molecule has 2 aromatic rings. The lowest BCUT2D eigenvalue weighted by molar-refractivity contribution is -0.116. The number of carbonyl (C=O) groups is 1. The number of rotatable bonds is 3. The van der Waals surface area contributed by atoms with Crippen molar-refractivity contribution in [3.8, 4) is 5.69 Å². The van der Waals surface area contributed by atoms with Gasteiger partial charge in [0, 0.05) is 11.4 Å². The smallest absolute Gasteiger partial charge is 0.214 e. The first-order valence-corrected chi connectivity index (χ1v) is 7.23. The van der Waals surface area contributed by atoms with Crippen molar-refractivity contribution in [3.63, 3.8) is 0 Å². The van der Waals surface area contributed by atoms with Crippen LogP contribution in [0.25, 0.3) is 5.69 Å². The predicted octanol–water partition coefficient (Wildman–Crippen LogP) is 2.53. The Labute approximate surface area is 119 Å². The van der Waals surface area contributed by atoms with Crippen molar-refractivity contribution in [2.45, 2.75) is 29.7 Å². The number of Topliss-reactive ketones (excluding diaryl/α,β-unsaturated/α-hetero) is 1. The summed E-state index contributed by atoms with van der Waals surface area (Å²) in [5, 5.41) is 12.9. The van der Waals surface area contributed by atoms with E-state index in [4.69, 9.17) is 11.6 Å². The number of hydrogen-bond acceptors (Lipinski definition) is 5. The third-order valence-corrected chi connectivity index (χ3v) is 4.51. The molecule has 0 spiro atoms. The lowest BCUT2D eigenvalue weighted by Gasteiger charge is -2.07. The van der Waals surface area contributed by atoms with Crippen LogP contribution in [0.3, 0.4) is 0 Å². The summed E-state index contributed by atoms with van der Waals surface area (Å²) in [6.45, 7) is 0. The molecular formula is C12H11ClN4OS. The molecule has 98 valence electrons. The van der Waals surface area contributed by atoms with Crippen molar-refractivity contribution in [3.05, 3.63) is 29.3 Å². The monoisotopic (exact) mass is 294 g/mol. The van der Waals surface area contributed by atoms with Gasteiger partial charge in [0.1, 0.15) is 5.78 Å². The molecule has 19 heavy (non-hydrogen) atoms. The zero-order valence-electron chi connectivity index (χ0n) is 9.99. The summed E-state index contributed by atoms with van der Waals surface area (Å²) < 4.78 is 1.63. The van der Waals surface area contributed by atoms with Gasteiger partial charge in [0.25, 0.3) is 0 Å². The maximum Gasteiger partial charge on any atom is 0.214 e. The molecule has 0 bridgehead atoms. The summed E-state index contributed by atoms with van der Waals surface area (Å²) in [7, 11) is 0. The molecule has 0 aliphatic heterocycles. The third kappa shape index (κ3) is 2.64. The van der Waals surface area contributed by atoms with E-state index in [0.29, 0.717) is 16.6 Å². The second-order valence-electron chi connectivity index (χ2n) is 4.31. The van der Waals surface area contributed by atoms with E-state index >= 15 is 0 Å². The Kier molecular flexibility index (Phi) is 3.52. The molecule has 1 atom stereocenters. The Morgan fingerprint density at radius 3 is 2.79 bits per heavy atom. The van der Waals surface area contributed by atoms with Crippen molar-refractivity contribution in [1.29, 1.82) is 0 Å². The predicted molar refractivity (Wildman–Crippen MR) is 72.7 cm³/mol. The number of benzene rings is 1. The zero-order valence-corrected chi connectivity index (χ0v) is 11.6. The van der Waals surface area contributed by atoms with Crippen LogP contribution in [0.1, 0.15) is 19.3 Å². The van der Waals surface area contributed by atoms with Crippen molar-refractivity contribution < 1.29 is 4.79 Å². The van der Waals surface area contributed by atoms with Gasteiger partial charge >= 0.3 is 0 Å². The number of nitrogens with zero attached hydrogens (tertiary/aromatic N) is 4. The van der Waals surface area contributed by atoms with Gasteiger partial charge in [-0.05, 0) is 47.5 Å². The largest absolute Gasteiger partial charge is 0.298 e. The molecular weight excluding hydrogens is 284 g/mol. The first kappa shape index (κ1) is 12.6. The van der Waals surface area contributed by atoms with Crippen LogP contribution in [0.4, 0.5) is 0 Å². The summed E-state index contributed by atoms with van der Waals surface area (Å²) in [5.41, 5.74) is 0.836. The van der Waals surface area contributed by atoms with Crippen molar-refractivity contribution >= 4 is 29.1 Å². The number of thioether (sulfide) groups is 1. The fraction of sp³-hybridized carbons (Fsp3) is 0.333. The van der Waals surface area contributed by atoms with Gasteiger partial charge in [-0.15, -0.1) is 5.10 Å². The average molecular weight is 295 g/mol. The lowest BCUT2D eigenvalue weighted by Crippen LogP contribution is -2.10. The molecule has 1 fully saturated rings. The summed E-state index contributed by atoms with van der Waals surface area (Å²) in [6, 6.07) is 7.26. The highest BCUT2D eigenvalue weighted by Crippen LogP contribution is 2.31. The third-order valence-electron chi connectivity index (χ3n) is 3.01. The molecule has 1 aliphatic rings. The van der Waals surface area contributed by atoms with Crippen LogP contribution < -0.4 is 0 Å². The normalized spacial score (nSPS) is 19.0. The minimum absolute atomic E-state index is 0.0166. The average Bonchev–Trinajstić information content (AvgIpc) is 3.01. The van der Waals surface area contributed by atoms with Crippen LogP contribution in [0.15, 0.2) is 29.4 Å². The number of tetrazole rings is 1. The Morgan fingerprint density at radius 1 is 1.32 bits per heavy atom. The van der Waals surface area contributed by atoms with Crippen molar-refractivity contribution in [2.75, 3.05) is 0 Å². The fourth-order valence-electron chi connectivity index (χ4n) is 2.03. The first-order chi connectivity index (χ1) is 9.24. The van der Waals surface area contributed by atoms with Crippen LogP contribution in [-0.4, -0.2) is 31.2 Å². The molecule has 1 heterocycles. The van der Waals surface area contributed by atoms with Gasteiger partial charge in [-0.25, -0.2) is 0 Å². The van der Waals surface area contributed by atoms with E-state index < -0.39 is 0 Å². The Morgan fingerprint density at radius 2 is 2.11 bits per heavy atom. The van der Waals surface area contributed by atoms with Crippen molar-refractivity contribution in [1.82, 2.24) is 20.2 Å². The maximum atomic E-state index is 11.7. The molecule has 3 rings (SSSR count). The van der Waals surface area contributed by atoms with Crippen molar-refractivity contribution in [2.24, 2.45) is 0 Å². The van der Waals surface area contributed by atoms with Gasteiger partial charge in [-0.3, -0.25) is 4.79 Å². The van der Waals surface area contributed by atoms with Gasteiger partial charge in [-0.2, -0.15) is 4.68 Å². The van der Waals surface area contributed by atoms with Gasteiger partial charge in [0.15, 0.2) is 0 Å². The van der Waals surface area contributed by atoms with Crippen LogP contribution in [-0.2, 0) is 4.79 Å². The van der Waals surface area contributed by atoms with E-state index in [1.165, 1.54) is 11.8 Å². The van der Waals surface area contributed by atoms with Gasteiger partial charge < -0.3 is 0 Å². The minimum atomic E-state index is -0.0166. The van der Waals surface area contributed by atoms with E-state index in [0.717, 1.165) is 18.5 Å². The highest BCUT2D eigenvalue weighted by atomic mass is 35.5. The van der Waals surface area contributed by atoms with Gasteiger partial charge in [-0.1, -0.05) is 23.4 Å². The molecule has 0 saturated heterocycles. The number of carbonyl (C=O) groups excluding carboxylic acids is 1. The van der Waals surface area contributed by atoms with Crippen LogP contribution >= 0.6 is 23.4 Å². The Hall–Kier alpha value is -1.40. The molecule has 5 nitrogen and oxygen atoms in total. The molecule has 0 radical (unpaired) electrons. The molecule has 1 aliphatic carbocycles. The van der Waals surface area contributed by atoms with Gasteiger partial charge in [0.2, 0.25) is 5.16 Å². The second-order valence-corrected chi connectivity index (χ2v) is 5.92. The lowest BCUT2D eigenvalue weighted by atomic mass is 10.3. The molecule has 1 unspecified atom stereocenters. The number of hydrogen-bond donors (Lipinski definition) is 0. The topological polar surface area (TPSA) is 60.7 Å². The molecule has 0 amide bonds. The van der Waals surface area contributed by atoms with E-state index in [1.807, 2.05) is 12.1 Å². The molecule has 0 N–H and O–H groups in total. The summed E-state index contributed by atoms with van der Waals surface area (Å²) >= 11 is 7.29. The van der Waals surface area contributed by atoms with E-state index in [2.05, 4.69) is 15.5 Å². The van der Waals surface area contributed by atoms with E-state index in [-0.39, 0.29) is 11.0 Å². The molecule has 1 aromatic heterocycles. The first-order valence-electron chi connectivity index (χ1n) is 5.98. The Bertz CT molecular complexity index is 598. The molecule has 1 aromatic carbocycles. The summed E-state index contributed by atoms with van der Waals surface area (Å²) in [5.74, 6) is 0.288. The van der Waals surface area contributed by atoms with Gasteiger partial charge in [0.05, 0.1) is 10.9 Å². The number of halogens is 1. The summed E-state index contributed by atoms with van der Waals surface area (Å²) in [6.07, 6.45) is 2.52. The standard InChI is InChI=1S/C12H11ClN4OS/c13-8-4-6-9(7-5-8)17-12(14-15-16-17)19-11-3-1-2-10(11)18/h4-7,11H,1-3H2. The second kappa shape index (κ2) is 5.30. The quantitative estimate of drug-likeness (QED) is 0.870. The van der Waals surface area contributed by atoms with Crippen LogP contribution in [0.5, 0.6) is 0 Å². The van der Waals surface area contributed by atoms with E-state index in [1.54, 1.807) is 16.8 Å². The highest BCUT2D eigenvalue weighted by Gasteiger charge is 2.27. The summed E-state index contributed by atoms with van der Waals surface area (Å²) in [4.78, 5) is 11.7. The van der Waals surface area contributed by atoms with Crippen LogP contribution in [0, 0.1) is 0 Å². The molecule has 7 heteroatoms. The number of ketones is 1. The highest BCUT2D eigenvalue weighted by molar-refractivity contribution is 8.00. The minimum Gasteiger partial charge on any atom is -0.298 e. The molecule has 1 saturated carbocycles.